The Morgan fingerprint density at radius 3 is 2.83 bits per heavy atom. The lowest BCUT2D eigenvalue weighted by Gasteiger charge is -2.14. The van der Waals surface area contributed by atoms with E-state index < -0.39 is 0 Å². The fourth-order valence-corrected chi connectivity index (χ4v) is 4.58. The molecule has 0 amide bonds. The number of benzene rings is 1. The maximum atomic E-state index is 12.9. The summed E-state index contributed by atoms with van der Waals surface area (Å²) in [5, 5.41) is 0.630. The van der Waals surface area contributed by atoms with Crippen LogP contribution in [0.1, 0.15) is 34.6 Å². The fourth-order valence-electron chi connectivity index (χ4n) is 3.80. The maximum absolute atomic E-state index is 12.9. The van der Waals surface area contributed by atoms with Gasteiger partial charge in [0.2, 0.25) is 0 Å². The van der Waals surface area contributed by atoms with Gasteiger partial charge in [0.05, 0.1) is 23.7 Å². The number of carbonyl (C=O) groups excluding carboxylic acids is 1. The minimum atomic E-state index is 0.0888. The Morgan fingerprint density at radius 1 is 1.31 bits per heavy atom. The molecule has 4 rings (SSSR count). The molecule has 1 aliphatic rings. The molecular formula is C22H26N4O2S. The molecule has 0 spiro atoms. The lowest BCUT2D eigenvalue weighted by atomic mass is 10.2. The Balaban J connectivity index is 1.44. The van der Waals surface area contributed by atoms with Gasteiger partial charge >= 0.3 is 0 Å². The summed E-state index contributed by atoms with van der Waals surface area (Å²) < 4.78 is 9.45. The van der Waals surface area contributed by atoms with Gasteiger partial charge in [-0.3, -0.25) is 4.79 Å². The summed E-state index contributed by atoms with van der Waals surface area (Å²) in [5.41, 5.74) is 4.68. The van der Waals surface area contributed by atoms with Gasteiger partial charge in [0, 0.05) is 35.7 Å². The van der Waals surface area contributed by atoms with Gasteiger partial charge in [-0.25, -0.2) is 9.66 Å². The SMILES string of the molecule is Cc1cc(C(=O)CSc2nc(-c3ccccc3)cn2N)c(C)n1CC1CCCO1. The van der Waals surface area contributed by atoms with Gasteiger partial charge in [0.15, 0.2) is 10.9 Å². The van der Waals surface area contributed by atoms with Crippen LogP contribution in [0.4, 0.5) is 0 Å². The van der Waals surface area contributed by atoms with Gasteiger partial charge in [-0.1, -0.05) is 42.1 Å². The highest BCUT2D eigenvalue weighted by Crippen LogP contribution is 2.25. The second-order valence-corrected chi connectivity index (χ2v) is 8.37. The zero-order valence-corrected chi connectivity index (χ0v) is 17.6. The first kappa shape index (κ1) is 19.8. The normalized spacial score (nSPS) is 16.4. The smallest absolute Gasteiger partial charge is 0.187 e. The van der Waals surface area contributed by atoms with E-state index in [0.29, 0.717) is 10.9 Å². The average Bonchev–Trinajstić information content (AvgIpc) is 3.43. The average molecular weight is 411 g/mol. The Labute approximate surface area is 175 Å². The van der Waals surface area contributed by atoms with Crippen molar-refractivity contribution in [2.24, 2.45) is 0 Å². The van der Waals surface area contributed by atoms with Crippen LogP contribution in [0.15, 0.2) is 47.8 Å². The second-order valence-electron chi connectivity index (χ2n) is 7.42. The van der Waals surface area contributed by atoms with Gasteiger partial charge in [0.1, 0.15) is 0 Å². The highest BCUT2D eigenvalue weighted by Gasteiger charge is 2.21. The lowest BCUT2D eigenvalue weighted by Crippen LogP contribution is -2.17. The summed E-state index contributed by atoms with van der Waals surface area (Å²) in [4.78, 5) is 17.5. The zero-order valence-electron chi connectivity index (χ0n) is 16.8. The van der Waals surface area contributed by atoms with Crippen molar-refractivity contribution in [1.82, 2.24) is 14.2 Å². The topological polar surface area (TPSA) is 75.1 Å². The summed E-state index contributed by atoms with van der Waals surface area (Å²) in [6.07, 6.45) is 4.23. The van der Waals surface area contributed by atoms with Crippen molar-refractivity contribution in [2.45, 2.75) is 44.5 Å². The Bertz CT molecular complexity index is 1000. The molecule has 6 nitrogen and oxygen atoms in total. The fraction of sp³-hybridized carbons (Fsp3) is 0.364. The largest absolute Gasteiger partial charge is 0.376 e. The van der Waals surface area contributed by atoms with E-state index >= 15 is 0 Å². The number of aryl methyl sites for hydroxylation is 1. The van der Waals surface area contributed by atoms with Crippen LogP contribution in [-0.2, 0) is 11.3 Å². The van der Waals surface area contributed by atoms with Crippen LogP contribution in [0.5, 0.6) is 0 Å². The van der Waals surface area contributed by atoms with E-state index in [1.807, 2.05) is 50.2 Å². The Kier molecular flexibility index (Phi) is 5.78. The number of nitrogens with zero attached hydrogens (tertiary/aromatic N) is 3. The number of nitrogen functional groups attached to an aromatic ring is 1. The van der Waals surface area contributed by atoms with E-state index in [1.54, 1.807) is 6.20 Å². The molecule has 7 heteroatoms. The number of aromatic nitrogens is 3. The monoisotopic (exact) mass is 410 g/mol. The van der Waals surface area contributed by atoms with Crippen molar-refractivity contribution < 1.29 is 9.53 Å². The van der Waals surface area contributed by atoms with E-state index in [-0.39, 0.29) is 11.9 Å². The summed E-state index contributed by atoms with van der Waals surface area (Å²) in [6, 6.07) is 11.9. The van der Waals surface area contributed by atoms with Gasteiger partial charge < -0.3 is 15.1 Å². The Hall–Kier alpha value is -2.51. The number of imidazole rings is 1. The molecule has 1 aromatic carbocycles. The first-order valence-corrected chi connectivity index (χ1v) is 10.9. The van der Waals surface area contributed by atoms with Crippen LogP contribution in [0.25, 0.3) is 11.3 Å². The van der Waals surface area contributed by atoms with Crippen molar-refractivity contribution in [2.75, 3.05) is 18.2 Å². The van der Waals surface area contributed by atoms with E-state index in [1.165, 1.54) is 16.4 Å². The van der Waals surface area contributed by atoms with Crippen LogP contribution < -0.4 is 5.84 Å². The van der Waals surface area contributed by atoms with Crippen molar-refractivity contribution in [3.8, 4) is 11.3 Å². The van der Waals surface area contributed by atoms with E-state index in [2.05, 4.69) is 9.55 Å². The van der Waals surface area contributed by atoms with E-state index in [4.69, 9.17) is 10.6 Å². The highest BCUT2D eigenvalue weighted by atomic mass is 32.2. The molecule has 1 aliphatic heterocycles. The predicted molar refractivity (Wildman–Crippen MR) is 116 cm³/mol. The summed E-state index contributed by atoms with van der Waals surface area (Å²) in [6.45, 7) is 5.71. The standard InChI is InChI=1S/C22H26N4O2S/c1-15-11-19(16(2)25(15)12-18-9-6-10-28-18)21(27)14-29-22-24-20(13-26(22)23)17-7-4-3-5-8-17/h3-5,7-8,11,13,18H,6,9-10,12,14,23H2,1-2H3. The molecule has 3 aromatic rings. The van der Waals surface area contributed by atoms with Crippen LogP contribution >= 0.6 is 11.8 Å². The third-order valence-corrected chi connectivity index (χ3v) is 6.35. The number of rotatable bonds is 7. The van der Waals surface area contributed by atoms with E-state index in [0.717, 1.165) is 54.2 Å². The zero-order chi connectivity index (χ0) is 20.4. The third-order valence-electron chi connectivity index (χ3n) is 5.38. The second kappa shape index (κ2) is 8.47. The van der Waals surface area contributed by atoms with Crippen LogP contribution in [0.2, 0.25) is 0 Å². The number of hydrogen-bond acceptors (Lipinski definition) is 5. The molecule has 1 atom stereocenters. The van der Waals surface area contributed by atoms with Crippen molar-refractivity contribution >= 4 is 17.5 Å². The van der Waals surface area contributed by atoms with Crippen LogP contribution in [-0.4, -0.2) is 38.5 Å². The molecule has 0 radical (unpaired) electrons. The first-order valence-electron chi connectivity index (χ1n) is 9.87. The third kappa shape index (κ3) is 4.26. The van der Waals surface area contributed by atoms with Crippen molar-refractivity contribution in [1.29, 1.82) is 0 Å². The number of ether oxygens (including phenoxy) is 1. The minimum Gasteiger partial charge on any atom is -0.376 e. The summed E-state index contributed by atoms with van der Waals surface area (Å²) in [5.74, 6) is 6.44. The molecule has 1 saturated heterocycles. The highest BCUT2D eigenvalue weighted by molar-refractivity contribution is 7.99. The molecule has 0 bridgehead atoms. The predicted octanol–water partition coefficient (Wildman–Crippen LogP) is 3.84. The lowest BCUT2D eigenvalue weighted by molar-refractivity contribution is 0.0957. The Morgan fingerprint density at radius 2 is 2.10 bits per heavy atom. The molecule has 2 N–H and O–H groups in total. The molecule has 3 heterocycles. The molecule has 1 unspecified atom stereocenters. The molecule has 152 valence electrons. The number of nitrogens with two attached hydrogens (primary N) is 1. The number of carbonyl (C=O) groups is 1. The molecule has 1 fully saturated rings. The molecular weight excluding hydrogens is 384 g/mol. The molecule has 0 aliphatic carbocycles. The quantitative estimate of drug-likeness (QED) is 0.364. The number of ketones is 1. The summed E-state index contributed by atoms with van der Waals surface area (Å²) in [7, 11) is 0. The van der Waals surface area contributed by atoms with Crippen molar-refractivity contribution in [3.05, 3.63) is 59.5 Å². The molecule has 0 saturated carbocycles. The van der Waals surface area contributed by atoms with Crippen LogP contribution in [0, 0.1) is 13.8 Å². The maximum Gasteiger partial charge on any atom is 0.187 e. The number of thioether (sulfide) groups is 1. The molecule has 2 aromatic heterocycles. The van der Waals surface area contributed by atoms with Gasteiger partial charge in [-0.05, 0) is 32.8 Å². The number of hydrogen-bond donors (Lipinski definition) is 1. The van der Waals surface area contributed by atoms with Gasteiger partial charge in [-0.2, -0.15) is 0 Å². The minimum absolute atomic E-state index is 0.0888. The van der Waals surface area contributed by atoms with Crippen molar-refractivity contribution in [3.63, 3.8) is 0 Å². The van der Waals surface area contributed by atoms with E-state index in [9.17, 15) is 4.79 Å². The first-order chi connectivity index (χ1) is 14.0. The molecule has 29 heavy (non-hydrogen) atoms. The summed E-state index contributed by atoms with van der Waals surface area (Å²) >= 11 is 1.37. The van der Waals surface area contributed by atoms with Gasteiger partial charge in [-0.15, -0.1) is 0 Å². The van der Waals surface area contributed by atoms with Gasteiger partial charge in [0.25, 0.3) is 0 Å². The van der Waals surface area contributed by atoms with Crippen LogP contribution in [0.3, 0.4) is 0 Å². The number of Topliss-reactive ketones (excluding diaryl/α,β-unsaturated/α-hetero) is 1.